The minimum atomic E-state index is -2.25. The van der Waals surface area contributed by atoms with Crippen LogP contribution in [0.4, 0.5) is 0 Å². The average molecular weight is 278 g/mol. The molecule has 1 rings (SSSR count). The minimum absolute atomic E-state index is 0.0735. The van der Waals surface area contributed by atoms with E-state index in [-0.39, 0.29) is 24.4 Å². The number of esters is 2. The topological polar surface area (TPSA) is 72.8 Å². The molecule has 0 aliphatic heterocycles. The first-order chi connectivity index (χ1) is 9.48. The quantitative estimate of drug-likeness (QED) is 0.631. The zero-order chi connectivity index (χ0) is 15.2. The summed E-state index contributed by atoms with van der Waals surface area (Å²) in [5.74, 6) is -1.80. The standard InChI is InChI=1S/C15H18O5/c1-4-19-13(16)11(3)15(18,14(17)20-5-2)12-9-7-6-8-10-12/h6-10,18H,3-5H2,1-2H3. The second-order valence-electron chi connectivity index (χ2n) is 4.00. The number of hydrogen-bond acceptors (Lipinski definition) is 5. The Morgan fingerprint density at radius 2 is 1.70 bits per heavy atom. The number of carbonyl (C=O) groups is 2. The van der Waals surface area contributed by atoms with E-state index in [4.69, 9.17) is 9.47 Å². The molecule has 0 saturated heterocycles. The number of ether oxygens (including phenoxy) is 2. The Morgan fingerprint density at radius 1 is 1.15 bits per heavy atom. The molecule has 5 nitrogen and oxygen atoms in total. The van der Waals surface area contributed by atoms with E-state index in [9.17, 15) is 14.7 Å². The third kappa shape index (κ3) is 3.05. The van der Waals surface area contributed by atoms with Gasteiger partial charge in [0.2, 0.25) is 5.60 Å². The molecule has 1 aromatic rings. The van der Waals surface area contributed by atoms with E-state index in [0.717, 1.165) is 0 Å². The predicted octanol–water partition coefficient (Wildman–Crippen LogP) is 1.56. The van der Waals surface area contributed by atoms with Crippen LogP contribution in [0.1, 0.15) is 19.4 Å². The summed E-state index contributed by atoms with van der Waals surface area (Å²) in [6.07, 6.45) is 0. The summed E-state index contributed by atoms with van der Waals surface area (Å²) in [7, 11) is 0. The molecule has 0 saturated carbocycles. The van der Waals surface area contributed by atoms with E-state index >= 15 is 0 Å². The van der Waals surface area contributed by atoms with Gasteiger partial charge in [-0.15, -0.1) is 0 Å². The van der Waals surface area contributed by atoms with Crippen LogP contribution in [0, 0.1) is 0 Å². The molecule has 0 spiro atoms. The second-order valence-corrected chi connectivity index (χ2v) is 4.00. The van der Waals surface area contributed by atoms with Gasteiger partial charge in [0, 0.05) is 0 Å². The molecule has 1 aromatic carbocycles. The Bertz CT molecular complexity index is 494. The van der Waals surface area contributed by atoms with Gasteiger partial charge in [0.1, 0.15) is 0 Å². The molecule has 0 bridgehead atoms. The molecular formula is C15H18O5. The van der Waals surface area contributed by atoms with Gasteiger partial charge in [0.25, 0.3) is 0 Å². The molecule has 0 heterocycles. The van der Waals surface area contributed by atoms with Crippen LogP contribution in [0.15, 0.2) is 42.5 Å². The Labute approximate surface area is 117 Å². The van der Waals surface area contributed by atoms with Crippen molar-refractivity contribution in [2.75, 3.05) is 13.2 Å². The van der Waals surface area contributed by atoms with Crippen molar-refractivity contribution < 1.29 is 24.2 Å². The minimum Gasteiger partial charge on any atom is -0.463 e. The molecule has 0 fully saturated rings. The maximum Gasteiger partial charge on any atom is 0.347 e. The van der Waals surface area contributed by atoms with Crippen molar-refractivity contribution in [3.05, 3.63) is 48.0 Å². The Balaban J connectivity index is 3.24. The maximum atomic E-state index is 12.1. The van der Waals surface area contributed by atoms with E-state index in [0.29, 0.717) is 0 Å². The van der Waals surface area contributed by atoms with Gasteiger partial charge in [-0.1, -0.05) is 36.9 Å². The second kappa shape index (κ2) is 6.86. The summed E-state index contributed by atoms with van der Waals surface area (Å²) >= 11 is 0. The van der Waals surface area contributed by atoms with Crippen LogP contribution in [-0.2, 0) is 24.7 Å². The molecule has 0 aliphatic rings. The molecule has 0 radical (unpaired) electrons. The first-order valence-electron chi connectivity index (χ1n) is 6.30. The van der Waals surface area contributed by atoms with E-state index in [1.54, 1.807) is 32.0 Å². The van der Waals surface area contributed by atoms with E-state index in [1.807, 2.05) is 0 Å². The van der Waals surface area contributed by atoms with Gasteiger partial charge in [-0.3, -0.25) is 0 Å². The summed E-state index contributed by atoms with van der Waals surface area (Å²) in [6.45, 7) is 6.92. The molecule has 0 amide bonds. The number of benzene rings is 1. The molecule has 5 heteroatoms. The zero-order valence-corrected chi connectivity index (χ0v) is 11.6. The lowest BCUT2D eigenvalue weighted by Gasteiger charge is -2.27. The fourth-order valence-corrected chi connectivity index (χ4v) is 1.70. The van der Waals surface area contributed by atoms with Gasteiger partial charge in [-0.2, -0.15) is 0 Å². The SMILES string of the molecule is C=C(C(=O)OCC)C(O)(C(=O)OCC)c1ccccc1. The van der Waals surface area contributed by atoms with Gasteiger partial charge in [0.15, 0.2) is 0 Å². The van der Waals surface area contributed by atoms with Crippen molar-refractivity contribution in [3.8, 4) is 0 Å². The van der Waals surface area contributed by atoms with Crippen molar-refractivity contribution in [2.24, 2.45) is 0 Å². The third-order valence-electron chi connectivity index (χ3n) is 2.72. The number of rotatable bonds is 6. The summed E-state index contributed by atoms with van der Waals surface area (Å²) in [4.78, 5) is 23.9. The highest BCUT2D eigenvalue weighted by Crippen LogP contribution is 2.31. The van der Waals surface area contributed by atoms with Gasteiger partial charge in [0.05, 0.1) is 18.8 Å². The molecular weight excluding hydrogens is 260 g/mol. The monoisotopic (exact) mass is 278 g/mol. The Kier molecular flexibility index (Phi) is 5.46. The largest absolute Gasteiger partial charge is 0.463 e. The molecule has 1 N–H and O–H groups in total. The van der Waals surface area contributed by atoms with Crippen LogP contribution in [0.3, 0.4) is 0 Å². The van der Waals surface area contributed by atoms with Gasteiger partial charge in [-0.05, 0) is 19.4 Å². The van der Waals surface area contributed by atoms with Crippen LogP contribution in [0.2, 0.25) is 0 Å². The van der Waals surface area contributed by atoms with Gasteiger partial charge >= 0.3 is 11.9 Å². The van der Waals surface area contributed by atoms with Gasteiger partial charge in [-0.25, -0.2) is 9.59 Å². The highest BCUT2D eigenvalue weighted by atomic mass is 16.6. The van der Waals surface area contributed by atoms with Crippen molar-refractivity contribution in [1.29, 1.82) is 0 Å². The molecule has 1 atom stereocenters. The average Bonchev–Trinajstić information content (AvgIpc) is 2.47. The highest BCUT2D eigenvalue weighted by molar-refractivity contribution is 6.00. The summed E-state index contributed by atoms with van der Waals surface area (Å²) in [5, 5.41) is 10.7. The molecule has 20 heavy (non-hydrogen) atoms. The number of hydrogen-bond donors (Lipinski definition) is 1. The molecule has 108 valence electrons. The summed E-state index contributed by atoms with van der Waals surface area (Å²) in [6, 6.07) is 8.03. The lowest BCUT2D eigenvalue weighted by Crippen LogP contribution is -2.42. The Hall–Kier alpha value is -2.14. The zero-order valence-electron chi connectivity index (χ0n) is 11.6. The molecule has 0 aliphatic carbocycles. The number of carbonyl (C=O) groups excluding carboxylic acids is 2. The van der Waals surface area contributed by atoms with Crippen LogP contribution < -0.4 is 0 Å². The summed E-state index contributed by atoms with van der Waals surface area (Å²) in [5.41, 5.74) is -2.41. The highest BCUT2D eigenvalue weighted by Gasteiger charge is 2.46. The Morgan fingerprint density at radius 3 is 2.20 bits per heavy atom. The van der Waals surface area contributed by atoms with Crippen LogP contribution in [0.5, 0.6) is 0 Å². The first kappa shape index (κ1) is 15.9. The van der Waals surface area contributed by atoms with E-state index in [1.165, 1.54) is 12.1 Å². The maximum absolute atomic E-state index is 12.1. The smallest absolute Gasteiger partial charge is 0.347 e. The molecule has 1 unspecified atom stereocenters. The summed E-state index contributed by atoms with van der Waals surface area (Å²) < 4.78 is 9.65. The van der Waals surface area contributed by atoms with Crippen LogP contribution in [-0.4, -0.2) is 30.3 Å². The van der Waals surface area contributed by atoms with Crippen molar-refractivity contribution in [1.82, 2.24) is 0 Å². The van der Waals surface area contributed by atoms with E-state index < -0.39 is 17.5 Å². The van der Waals surface area contributed by atoms with Crippen molar-refractivity contribution in [3.63, 3.8) is 0 Å². The third-order valence-corrected chi connectivity index (χ3v) is 2.72. The fraction of sp³-hybridized carbons (Fsp3) is 0.333. The predicted molar refractivity (Wildman–Crippen MR) is 72.7 cm³/mol. The molecule has 0 aromatic heterocycles. The first-order valence-corrected chi connectivity index (χ1v) is 6.30. The van der Waals surface area contributed by atoms with Gasteiger partial charge < -0.3 is 14.6 Å². The normalized spacial score (nSPS) is 13.2. The lowest BCUT2D eigenvalue weighted by molar-refractivity contribution is -0.165. The van der Waals surface area contributed by atoms with Crippen molar-refractivity contribution >= 4 is 11.9 Å². The van der Waals surface area contributed by atoms with Crippen LogP contribution >= 0.6 is 0 Å². The van der Waals surface area contributed by atoms with Crippen LogP contribution in [0.25, 0.3) is 0 Å². The van der Waals surface area contributed by atoms with E-state index in [2.05, 4.69) is 6.58 Å². The van der Waals surface area contributed by atoms with Crippen molar-refractivity contribution in [2.45, 2.75) is 19.4 Å². The number of aliphatic hydroxyl groups is 1. The lowest BCUT2D eigenvalue weighted by atomic mass is 9.87. The fourth-order valence-electron chi connectivity index (χ4n) is 1.70.